The molecule has 144 valence electrons. The Morgan fingerprint density at radius 1 is 0.750 bits per heavy atom. The summed E-state index contributed by atoms with van der Waals surface area (Å²) in [6.07, 6.45) is 2.62. The van der Waals surface area contributed by atoms with E-state index in [1.807, 2.05) is 60.7 Å². The second kappa shape index (κ2) is 9.53. The number of amides is 2. The number of carbonyl (C=O) groups excluding carboxylic acids is 2. The first-order valence-corrected chi connectivity index (χ1v) is 8.41. The summed E-state index contributed by atoms with van der Waals surface area (Å²) >= 11 is 0. The van der Waals surface area contributed by atoms with Crippen molar-refractivity contribution in [3.8, 4) is 5.75 Å². The number of rotatable bonds is 3. The number of ether oxygens (including phenoxy) is 1. The van der Waals surface area contributed by atoms with Gasteiger partial charge in [-0.25, -0.2) is 4.79 Å². The number of aromatic nitrogens is 1. The molecule has 0 N–H and O–H groups in total. The molecule has 2 aromatic carbocycles. The van der Waals surface area contributed by atoms with Gasteiger partial charge in [-0.05, 0) is 24.3 Å². The Bertz CT molecular complexity index is 919. The Morgan fingerprint density at radius 2 is 1.21 bits per heavy atom. The lowest BCUT2D eigenvalue weighted by Gasteiger charge is -2.16. The molecule has 1 aromatic heterocycles. The Morgan fingerprint density at radius 3 is 1.71 bits per heavy atom. The summed E-state index contributed by atoms with van der Waals surface area (Å²) in [6, 6.07) is 21.5. The van der Waals surface area contributed by atoms with Crippen molar-refractivity contribution in [1.82, 2.24) is 0 Å². The van der Waals surface area contributed by atoms with Crippen molar-refractivity contribution >= 4 is 23.5 Å². The molecule has 0 saturated heterocycles. The van der Waals surface area contributed by atoms with Crippen LogP contribution in [0.2, 0.25) is 0 Å². The SMILES string of the molecule is CN(C(=O)Oc1cc[n+](C(=O)N(C)c2ccccc2)cc1)c1ccccc1.[Cl-]. The number of halogens is 1. The summed E-state index contributed by atoms with van der Waals surface area (Å²) in [5.74, 6) is 0.356. The average molecular weight is 398 g/mol. The van der Waals surface area contributed by atoms with Crippen LogP contribution in [0.25, 0.3) is 0 Å². The second-order valence-electron chi connectivity index (χ2n) is 5.88. The summed E-state index contributed by atoms with van der Waals surface area (Å²) in [6.45, 7) is 0. The number of nitrogens with zero attached hydrogens (tertiary/aromatic N) is 3. The number of anilines is 2. The molecule has 0 aliphatic carbocycles. The molecule has 0 radical (unpaired) electrons. The topological polar surface area (TPSA) is 53.7 Å². The molecule has 0 bridgehead atoms. The first kappa shape index (κ1) is 20.9. The van der Waals surface area contributed by atoms with Crippen LogP contribution in [-0.2, 0) is 0 Å². The van der Waals surface area contributed by atoms with Crippen LogP contribution < -0.4 is 31.5 Å². The van der Waals surface area contributed by atoms with E-state index in [0.717, 1.165) is 11.4 Å². The summed E-state index contributed by atoms with van der Waals surface area (Å²) in [4.78, 5) is 27.7. The van der Waals surface area contributed by atoms with E-state index in [0.29, 0.717) is 5.75 Å². The first-order chi connectivity index (χ1) is 13.1. The Balaban J connectivity index is 0.00000280. The summed E-state index contributed by atoms with van der Waals surface area (Å²) in [5.41, 5.74) is 1.52. The minimum Gasteiger partial charge on any atom is -1.00 e. The maximum Gasteiger partial charge on any atom is 0.502 e. The van der Waals surface area contributed by atoms with Crippen LogP contribution >= 0.6 is 0 Å². The highest BCUT2D eigenvalue weighted by molar-refractivity contribution is 5.88. The third-order valence-corrected chi connectivity index (χ3v) is 4.07. The molecule has 0 aliphatic heterocycles. The first-order valence-electron chi connectivity index (χ1n) is 8.41. The third kappa shape index (κ3) is 4.86. The Hall–Kier alpha value is -3.38. The van der Waals surface area contributed by atoms with Crippen LogP contribution in [0.4, 0.5) is 21.0 Å². The van der Waals surface area contributed by atoms with Crippen LogP contribution in [0.5, 0.6) is 5.75 Å². The smallest absolute Gasteiger partial charge is 0.502 e. The van der Waals surface area contributed by atoms with E-state index in [-0.39, 0.29) is 18.4 Å². The molecule has 3 aromatic rings. The lowest BCUT2D eigenvalue weighted by Crippen LogP contribution is -3.00. The van der Waals surface area contributed by atoms with Crippen molar-refractivity contribution in [2.24, 2.45) is 0 Å². The van der Waals surface area contributed by atoms with Crippen LogP contribution in [0.3, 0.4) is 0 Å². The standard InChI is InChI=1S/C21H20N3O3.ClH/c1-22(17-9-5-3-6-10-17)20(25)24-15-13-19(14-16-24)27-21(26)23(2)18-11-7-4-8-12-18;/h3-16H,1-2H3;1H/q+1;/p-1. The van der Waals surface area contributed by atoms with Gasteiger partial charge in [-0.3, -0.25) is 4.90 Å². The fourth-order valence-corrected chi connectivity index (χ4v) is 2.47. The average Bonchev–Trinajstić information content (AvgIpc) is 2.74. The van der Waals surface area contributed by atoms with Gasteiger partial charge >= 0.3 is 12.1 Å². The molecule has 7 heteroatoms. The third-order valence-electron chi connectivity index (χ3n) is 4.07. The molecular formula is C21H20ClN3O3. The zero-order valence-corrected chi connectivity index (χ0v) is 16.3. The van der Waals surface area contributed by atoms with Gasteiger partial charge in [0.2, 0.25) is 0 Å². The van der Waals surface area contributed by atoms with E-state index < -0.39 is 6.09 Å². The van der Waals surface area contributed by atoms with Gasteiger partial charge < -0.3 is 17.1 Å². The molecule has 6 nitrogen and oxygen atoms in total. The Kier molecular flexibility index (Phi) is 7.12. The summed E-state index contributed by atoms with van der Waals surface area (Å²) in [5, 5.41) is 0. The normalized spacial score (nSPS) is 9.79. The van der Waals surface area contributed by atoms with Gasteiger partial charge in [0.05, 0.1) is 7.05 Å². The number of para-hydroxylation sites is 2. The highest BCUT2D eigenvalue weighted by Gasteiger charge is 2.22. The van der Waals surface area contributed by atoms with Gasteiger partial charge in [0.1, 0.15) is 23.8 Å². The number of pyridine rings is 1. The van der Waals surface area contributed by atoms with Gasteiger partial charge in [0, 0.05) is 24.9 Å². The zero-order valence-electron chi connectivity index (χ0n) is 15.5. The monoisotopic (exact) mass is 397 g/mol. The fourth-order valence-electron chi connectivity index (χ4n) is 2.47. The van der Waals surface area contributed by atoms with E-state index in [4.69, 9.17) is 4.74 Å². The fraction of sp³-hybridized carbons (Fsp3) is 0.0952. The van der Waals surface area contributed by atoms with E-state index in [9.17, 15) is 9.59 Å². The molecule has 0 saturated carbocycles. The van der Waals surface area contributed by atoms with Gasteiger partial charge in [-0.2, -0.15) is 14.3 Å². The van der Waals surface area contributed by atoms with E-state index in [2.05, 4.69) is 0 Å². The summed E-state index contributed by atoms with van der Waals surface area (Å²) < 4.78 is 6.78. The highest BCUT2D eigenvalue weighted by Crippen LogP contribution is 2.15. The maximum absolute atomic E-state index is 12.5. The number of carbonyl (C=O) groups is 2. The predicted octanol–water partition coefficient (Wildman–Crippen LogP) is 0.718. The zero-order chi connectivity index (χ0) is 19.2. The minimum atomic E-state index is -0.508. The van der Waals surface area contributed by atoms with Crippen molar-refractivity contribution in [3.63, 3.8) is 0 Å². The number of hydrogen-bond donors (Lipinski definition) is 0. The van der Waals surface area contributed by atoms with Gasteiger partial charge in [-0.1, -0.05) is 36.4 Å². The van der Waals surface area contributed by atoms with Crippen LogP contribution in [0, 0.1) is 0 Å². The molecule has 0 fully saturated rings. The van der Waals surface area contributed by atoms with Crippen molar-refractivity contribution in [2.45, 2.75) is 0 Å². The summed E-state index contributed by atoms with van der Waals surface area (Å²) in [7, 11) is 3.34. The second-order valence-corrected chi connectivity index (χ2v) is 5.88. The lowest BCUT2D eigenvalue weighted by molar-refractivity contribution is -0.569. The van der Waals surface area contributed by atoms with Gasteiger partial charge in [-0.15, -0.1) is 0 Å². The number of hydrogen-bond acceptors (Lipinski definition) is 3. The highest BCUT2D eigenvalue weighted by atomic mass is 35.5. The molecule has 0 spiro atoms. The van der Waals surface area contributed by atoms with Crippen LogP contribution in [0.1, 0.15) is 0 Å². The molecule has 3 rings (SSSR count). The van der Waals surface area contributed by atoms with Crippen molar-refractivity contribution in [1.29, 1.82) is 0 Å². The van der Waals surface area contributed by atoms with Crippen molar-refractivity contribution < 1.29 is 31.3 Å². The molecule has 2 amide bonds. The lowest BCUT2D eigenvalue weighted by atomic mass is 10.3. The largest absolute Gasteiger partial charge is 1.00 e. The van der Waals surface area contributed by atoms with E-state index >= 15 is 0 Å². The minimum absolute atomic E-state index is 0. The quantitative estimate of drug-likeness (QED) is 0.612. The Labute approximate surface area is 170 Å². The molecular weight excluding hydrogens is 378 g/mol. The molecule has 0 unspecified atom stereocenters. The van der Waals surface area contributed by atoms with Gasteiger partial charge in [0.15, 0.2) is 0 Å². The van der Waals surface area contributed by atoms with E-state index in [1.54, 1.807) is 38.6 Å². The maximum atomic E-state index is 12.5. The molecule has 0 atom stereocenters. The molecule has 1 heterocycles. The van der Waals surface area contributed by atoms with E-state index in [1.165, 1.54) is 14.4 Å². The number of benzene rings is 2. The van der Waals surface area contributed by atoms with Crippen molar-refractivity contribution in [3.05, 3.63) is 85.2 Å². The molecule has 0 aliphatic rings. The van der Waals surface area contributed by atoms with Crippen molar-refractivity contribution in [2.75, 3.05) is 23.9 Å². The van der Waals surface area contributed by atoms with Crippen LogP contribution in [-0.4, -0.2) is 26.2 Å². The van der Waals surface area contributed by atoms with Gasteiger partial charge in [0.25, 0.3) is 0 Å². The molecule has 28 heavy (non-hydrogen) atoms. The predicted molar refractivity (Wildman–Crippen MR) is 103 cm³/mol. The van der Waals surface area contributed by atoms with Crippen LogP contribution in [0.15, 0.2) is 85.2 Å².